The summed E-state index contributed by atoms with van der Waals surface area (Å²) in [5, 5.41) is 6.21. The zero-order chi connectivity index (χ0) is 17.6. The van der Waals surface area contributed by atoms with Crippen molar-refractivity contribution in [3.05, 3.63) is 29.8 Å². The second kappa shape index (κ2) is 8.59. The van der Waals surface area contributed by atoms with Crippen molar-refractivity contribution in [2.45, 2.75) is 70.9 Å². The fourth-order valence-electron chi connectivity index (χ4n) is 3.99. The normalized spacial score (nSPS) is 21.0. The van der Waals surface area contributed by atoms with Gasteiger partial charge in [-0.3, -0.25) is 0 Å². The Kier molecular flexibility index (Phi) is 6.22. The Hall–Kier alpha value is -1.71. The first-order chi connectivity index (χ1) is 12.1. The predicted molar refractivity (Wildman–Crippen MR) is 104 cm³/mol. The number of hydrogen-bond acceptors (Lipinski definition) is 2. The molecule has 0 unspecified atom stereocenters. The SMILES string of the molecule is CC1CCN(c2ccc([C@@H](C)NC(=O)NC3CCCCC3)cc2)CC1. The van der Waals surface area contributed by atoms with Crippen molar-refractivity contribution >= 4 is 11.7 Å². The van der Waals surface area contributed by atoms with E-state index in [1.807, 2.05) is 0 Å². The molecule has 1 atom stereocenters. The van der Waals surface area contributed by atoms with E-state index in [2.05, 4.69) is 53.6 Å². The molecule has 1 heterocycles. The summed E-state index contributed by atoms with van der Waals surface area (Å²) < 4.78 is 0. The fourth-order valence-corrected chi connectivity index (χ4v) is 3.99. The monoisotopic (exact) mass is 343 g/mol. The van der Waals surface area contributed by atoms with Crippen LogP contribution >= 0.6 is 0 Å². The summed E-state index contributed by atoms with van der Waals surface area (Å²) in [7, 11) is 0. The van der Waals surface area contributed by atoms with Crippen LogP contribution in [0.1, 0.15) is 70.4 Å². The molecular formula is C21H33N3O. The number of nitrogens with one attached hydrogen (secondary N) is 2. The van der Waals surface area contributed by atoms with Crippen molar-refractivity contribution in [3.8, 4) is 0 Å². The van der Waals surface area contributed by atoms with Gasteiger partial charge in [-0.15, -0.1) is 0 Å². The molecule has 3 rings (SSSR count). The average Bonchev–Trinajstić information content (AvgIpc) is 2.63. The number of carbonyl (C=O) groups excluding carboxylic acids is 1. The van der Waals surface area contributed by atoms with Gasteiger partial charge in [-0.25, -0.2) is 4.79 Å². The minimum Gasteiger partial charge on any atom is -0.372 e. The smallest absolute Gasteiger partial charge is 0.315 e. The summed E-state index contributed by atoms with van der Waals surface area (Å²) in [6.07, 6.45) is 8.56. The highest BCUT2D eigenvalue weighted by Gasteiger charge is 2.18. The van der Waals surface area contributed by atoms with E-state index in [4.69, 9.17) is 0 Å². The van der Waals surface area contributed by atoms with Crippen LogP contribution in [0.15, 0.2) is 24.3 Å². The number of urea groups is 1. The third-order valence-corrected chi connectivity index (χ3v) is 5.83. The Morgan fingerprint density at radius 2 is 1.68 bits per heavy atom. The maximum Gasteiger partial charge on any atom is 0.315 e. The summed E-state index contributed by atoms with van der Waals surface area (Å²) >= 11 is 0. The molecule has 0 radical (unpaired) electrons. The van der Waals surface area contributed by atoms with E-state index in [0.717, 1.165) is 37.4 Å². The molecule has 1 aliphatic carbocycles. The van der Waals surface area contributed by atoms with Gasteiger partial charge >= 0.3 is 6.03 Å². The largest absolute Gasteiger partial charge is 0.372 e. The second-order valence-electron chi connectivity index (χ2n) is 7.94. The molecule has 4 heteroatoms. The molecule has 1 saturated heterocycles. The lowest BCUT2D eigenvalue weighted by atomic mass is 9.96. The van der Waals surface area contributed by atoms with E-state index in [9.17, 15) is 4.79 Å². The molecule has 1 aromatic carbocycles. The molecule has 25 heavy (non-hydrogen) atoms. The van der Waals surface area contributed by atoms with Crippen LogP contribution in [0.25, 0.3) is 0 Å². The first-order valence-corrected chi connectivity index (χ1v) is 10.0. The van der Waals surface area contributed by atoms with Crippen LogP contribution in [0.4, 0.5) is 10.5 Å². The molecule has 0 spiro atoms. The van der Waals surface area contributed by atoms with E-state index in [1.54, 1.807) is 0 Å². The molecule has 1 saturated carbocycles. The molecule has 2 aliphatic rings. The van der Waals surface area contributed by atoms with E-state index in [1.165, 1.54) is 37.8 Å². The minimum atomic E-state index is -0.0338. The number of hydrogen-bond donors (Lipinski definition) is 2. The van der Waals surface area contributed by atoms with Gasteiger partial charge in [0.1, 0.15) is 0 Å². The lowest BCUT2D eigenvalue weighted by Gasteiger charge is -2.32. The topological polar surface area (TPSA) is 44.4 Å². The standard InChI is InChI=1S/C21H33N3O/c1-16-12-14-24(15-13-16)20-10-8-18(9-11-20)17(2)22-21(25)23-19-6-4-3-5-7-19/h8-11,16-17,19H,3-7,12-15H2,1-2H3,(H2,22,23,25)/t17-/m1/s1. The molecule has 0 aromatic heterocycles. The van der Waals surface area contributed by atoms with Gasteiger partial charge in [0.05, 0.1) is 6.04 Å². The number of anilines is 1. The summed E-state index contributed by atoms with van der Waals surface area (Å²) in [4.78, 5) is 14.7. The maximum absolute atomic E-state index is 12.2. The Labute approximate surface area is 152 Å². The van der Waals surface area contributed by atoms with Crippen LogP contribution in [-0.2, 0) is 0 Å². The highest BCUT2D eigenvalue weighted by atomic mass is 16.2. The third kappa shape index (κ3) is 5.13. The molecular weight excluding hydrogens is 310 g/mol. The number of nitrogens with zero attached hydrogens (tertiary/aromatic N) is 1. The Bertz CT molecular complexity index is 543. The lowest BCUT2D eigenvalue weighted by Crippen LogP contribution is -2.43. The fraction of sp³-hybridized carbons (Fsp3) is 0.667. The summed E-state index contributed by atoms with van der Waals surface area (Å²) in [5.74, 6) is 0.849. The minimum absolute atomic E-state index is 0.0269. The first-order valence-electron chi connectivity index (χ1n) is 10.0. The summed E-state index contributed by atoms with van der Waals surface area (Å²) in [6.45, 7) is 6.69. The predicted octanol–water partition coefficient (Wildman–Crippen LogP) is 4.62. The molecule has 1 aromatic rings. The van der Waals surface area contributed by atoms with Crippen LogP contribution in [-0.4, -0.2) is 25.2 Å². The van der Waals surface area contributed by atoms with Gasteiger partial charge in [-0.1, -0.05) is 38.3 Å². The van der Waals surface area contributed by atoms with Gasteiger partial charge in [0.15, 0.2) is 0 Å². The van der Waals surface area contributed by atoms with Gasteiger partial charge in [-0.2, -0.15) is 0 Å². The molecule has 138 valence electrons. The third-order valence-electron chi connectivity index (χ3n) is 5.83. The van der Waals surface area contributed by atoms with Crippen molar-refractivity contribution in [2.24, 2.45) is 5.92 Å². The highest BCUT2D eigenvalue weighted by molar-refractivity contribution is 5.74. The van der Waals surface area contributed by atoms with Crippen LogP contribution in [0.2, 0.25) is 0 Å². The molecule has 2 fully saturated rings. The van der Waals surface area contributed by atoms with Crippen molar-refractivity contribution in [1.29, 1.82) is 0 Å². The van der Waals surface area contributed by atoms with Crippen molar-refractivity contribution in [3.63, 3.8) is 0 Å². The number of amides is 2. The van der Waals surface area contributed by atoms with Crippen LogP contribution < -0.4 is 15.5 Å². The van der Waals surface area contributed by atoms with Crippen molar-refractivity contribution in [2.75, 3.05) is 18.0 Å². The van der Waals surface area contributed by atoms with E-state index >= 15 is 0 Å². The van der Waals surface area contributed by atoms with Crippen LogP contribution in [0.3, 0.4) is 0 Å². The number of carbonyl (C=O) groups is 1. The van der Waals surface area contributed by atoms with Gasteiger partial charge in [-0.05, 0) is 56.2 Å². The molecule has 2 amide bonds. The number of benzene rings is 1. The first kappa shape index (κ1) is 18.1. The molecule has 0 bridgehead atoms. The van der Waals surface area contributed by atoms with Crippen molar-refractivity contribution < 1.29 is 4.79 Å². The number of piperidine rings is 1. The molecule has 1 aliphatic heterocycles. The summed E-state index contributed by atoms with van der Waals surface area (Å²) in [5.41, 5.74) is 2.46. The Morgan fingerprint density at radius 1 is 1.04 bits per heavy atom. The van der Waals surface area contributed by atoms with E-state index in [-0.39, 0.29) is 12.1 Å². The Balaban J connectivity index is 1.50. The maximum atomic E-state index is 12.2. The quantitative estimate of drug-likeness (QED) is 0.838. The molecule has 4 nitrogen and oxygen atoms in total. The molecule has 2 N–H and O–H groups in total. The summed E-state index contributed by atoms with van der Waals surface area (Å²) in [6, 6.07) is 9.04. The van der Waals surface area contributed by atoms with Gasteiger partial charge in [0.2, 0.25) is 0 Å². The van der Waals surface area contributed by atoms with Gasteiger partial charge in [0, 0.05) is 24.8 Å². The Morgan fingerprint density at radius 3 is 2.32 bits per heavy atom. The number of rotatable bonds is 4. The van der Waals surface area contributed by atoms with Crippen LogP contribution in [0, 0.1) is 5.92 Å². The van der Waals surface area contributed by atoms with Gasteiger partial charge < -0.3 is 15.5 Å². The van der Waals surface area contributed by atoms with Crippen LogP contribution in [0.5, 0.6) is 0 Å². The average molecular weight is 344 g/mol. The second-order valence-corrected chi connectivity index (χ2v) is 7.94. The lowest BCUT2D eigenvalue weighted by molar-refractivity contribution is 0.229. The van der Waals surface area contributed by atoms with Crippen molar-refractivity contribution in [1.82, 2.24) is 10.6 Å². The zero-order valence-electron chi connectivity index (χ0n) is 15.8. The van der Waals surface area contributed by atoms with E-state index < -0.39 is 0 Å². The van der Waals surface area contributed by atoms with Gasteiger partial charge in [0.25, 0.3) is 0 Å². The highest BCUT2D eigenvalue weighted by Crippen LogP contribution is 2.24. The zero-order valence-corrected chi connectivity index (χ0v) is 15.8. The van der Waals surface area contributed by atoms with E-state index in [0.29, 0.717) is 6.04 Å².